The Labute approximate surface area is 108 Å². The molecule has 2 N–H and O–H groups in total. The van der Waals surface area contributed by atoms with Crippen LogP contribution in [0.15, 0.2) is 48.5 Å². The van der Waals surface area contributed by atoms with Gasteiger partial charge in [0.05, 0.1) is 0 Å². The smallest absolute Gasteiger partial charge is 0.130 e. The summed E-state index contributed by atoms with van der Waals surface area (Å²) in [6, 6.07) is 16.2. The molecule has 1 unspecified atom stereocenters. The van der Waals surface area contributed by atoms with E-state index in [4.69, 9.17) is 10.5 Å². The van der Waals surface area contributed by atoms with E-state index in [-0.39, 0.29) is 6.04 Å². The first kappa shape index (κ1) is 12.7. The van der Waals surface area contributed by atoms with Crippen LogP contribution in [-0.2, 0) is 6.42 Å². The Morgan fingerprint density at radius 1 is 1.11 bits per heavy atom. The van der Waals surface area contributed by atoms with Crippen molar-refractivity contribution in [2.24, 2.45) is 5.73 Å². The summed E-state index contributed by atoms with van der Waals surface area (Å²) >= 11 is 0. The van der Waals surface area contributed by atoms with E-state index >= 15 is 0 Å². The predicted molar refractivity (Wildman–Crippen MR) is 75.0 cm³/mol. The van der Waals surface area contributed by atoms with E-state index < -0.39 is 0 Å². The molecule has 0 bridgehead atoms. The number of nitrogens with two attached hydrogens (primary N) is 1. The van der Waals surface area contributed by atoms with Crippen LogP contribution in [0.2, 0.25) is 0 Å². The van der Waals surface area contributed by atoms with Gasteiger partial charge in [-0.25, -0.2) is 0 Å². The molecule has 0 aromatic heterocycles. The number of hydrogen-bond donors (Lipinski definition) is 1. The third-order valence-electron chi connectivity index (χ3n) is 2.73. The van der Waals surface area contributed by atoms with Crippen molar-refractivity contribution in [1.29, 1.82) is 0 Å². The Morgan fingerprint density at radius 2 is 1.83 bits per heavy atom. The molecule has 0 spiro atoms. The Kier molecular flexibility index (Phi) is 4.00. The molecular weight excluding hydrogens is 222 g/mol. The van der Waals surface area contributed by atoms with Crippen LogP contribution in [0.4, 0.5) is 0 Å². The van der Waals surface area contributed by atoms with E-state index in [2.05, 4.69) is 19.1 Å². The average molecular weight is 241 g/mol. The lowest BCUT2D eigenvalue weighted by Gasteiger charge is -2.13. The summed E-state index contributed by atoms with van der Waals surface area (Å²) < 4.78 is 5.91. The first-order valence-electron chi connectivity index (χ1n) is 6.23. The fraction of sp³-hybridized carbons (Fsp3) is 0.250. The molecule has 0 aliphatic heterocycles. The maximum atomic E-state index is 5.91. The largest absolute Gasteiger partial charge is 0.457 e. The maximum Gasteiger partial charge on any atom is 0.130 e. The number of para-hydroxylation sites is 1. The SMILES string of the molecule is Cc1ccc(Oc2ccccc2)c(CC(C)N)c1. The molecule has 2 heteroatoms. The zero-order chi connectivity index (χ0) is 13.0. The van der Waals surface area contributed by atoms with Gasteiger partial charge in [-0.15, -0.1) is 0 Å². The molecule has 0 amide bonds. The van der Waals surface area contributed by atoms with Crippen LogP contribution in [0.25, 0.3) is 0 Å². The van der Waals surface area contributed by atoms with Gasteiger partial charge in [0.15, 0.2) is 0 Å². The molecule has 0 heterocycles. The fourth-order valence-corrected chi connectivity index (χ4v) is 1.93. The molecule has 0 aliphatic carbocycles. The van der Waals surface area contributed by atoms with E-state index in [0.29, 0.717) is 0 Å². The van der Waals surface area contributed by atoms with E-state index in [1.807, 2.05) is 43.3 Å². The van der Waals surface area contributed by atoms with Crippen LogP contribution in [0.5, 0.6) is 11.5 Å². The van der Waals surface area contributed by atoms with Crippen molar-refractivity contribution >= 4 is 0 Å². The van der Waals surface area contributed by atoms with Gasteiger partial charge < -0.3 is 10.5 Å². The molecule has 2 nitrogen and oxygen atoms in total. The van der Waals surface area contributed by atoms with Crippen LogP contribution in [0.1, 0.15) is 18.1 Å². The second kappa shape index (κ2) is 5.69. The molecule has 0 saturated carbocycles. The van der Waals surface area contributed by atoms with Gasteiger partial charge in [-0.1, -0.05) is 35.9 Å². The second-order valence-corrected chi connectivity index (χ2v) is 4.71. The number of rotatable bonds is 4. The fourth-order valence-electron chi connectivity index (χ4n) is 1.93. The van der Waals surface area contributed by atoms with Crippen LogP contribution in [0.3, 0.4) is 0 Å². The minimum absolute atomic E-state index is 0.130. The zero-order valence-corrected chi connectivity index (χ0v) is 10.9. The van der Waals surface area contributed by atoms with Gasteiger partial charge in [0.2, 0.25) is 0 Å². The molecule has 0 radical (unpaired) electrons. The molecular formula is C16H19NO. The summed E-state index contributed by atoms with van der Waals surface area (Å²) in [5.74, 6) is 1.75. The lowest BCUT2D eigenvalue weighted by Crippen LogP contribution is -2.18. The van der Waals surface area contributed by atoms with Crippen molar-refractivity contribution in [3.63, 3.8) is 0 Å². The van der Waals surface area contributed by atoms with Crippen LogP contribution in [0, 0.1) is 6.92 Å². The van der Waals surface area contributed by atoms with E-state index in [1.165, 1.54) is 5.56 Å². The Morgan fingerprint density at radius 3 is 2.50 bits per heavy atom. The summed E-state index contributed by atoms with van der Waals surface area (Å²) in [6.45, 7) is 4.09. The van der Waals surface area contributed by atoms with Crippen molar-refractivity contribution in [1.82, 2.24) is 0 Å². The van der Waals surface area contributed by atoms with Gasteiger partial charge in [-0.3, -0.25) is 0 Å². The van der Waals surface area contributed by atoms with Crippen LogP contribution < -0.4 is 10.5 Å². The first-order chi connectivity index (χ1) is 8.65. The zero-order valence-electron chi connectivity index (χ0n) is 10.9. The quantitative estimate of drug-likeness (QED) is 0.886. The van der Waals surface area contributed by atoms with E-state index in [9.17, 15) is 0 Å². The number of ether oxygens (including phenoxy) is 1. The summed E-state index contributed by atoms with van der Waals surface area (Å²) in [7, 11) is 0. The number of hydrogen-bond acceptors (Lipinski definition) is 2. The maximum absolute atomic E-state index is 5.91. The van der Waals surface area contributed by atoms with Crippen LogP contribution >= 0.6 is 0 Å². The molecule has 2 rings (SSSR count). The molecule has 94 valence electrons. The molecule has 2 aromatic rings. The molecule has 2 aromatic carbocycles. The highest BCUT2D eigenvalue weighted by Gasteiger charge is 2.07. The lowest BCUT2D eigenvalue weighted by atomic mass is 10.0. The standard InChI is InChI=1S/C16H19NO/c1-12-8-9-16(14(10-12)11-13(2)17)18-15-6-4-3-5-7-15/h3-10,13H,11,17H2,1-2H3. The summed E-state index contributed by atoms with van der Waals surface area (Å²) in [4.78, 5) is 0. The van der Waals surface area contributed by atoms with Gasteiger partial charge in [0.1, 0.15) is 11.5 Å². The molecule has 0 saturated heterocycles. The first-order valence-corrected chi connectivity index (χ1v) is 6.23. The van der Waals surface area contributed by atoms with Crippen molar-refractivity contribution in [3.05, 3.63) is 59.7 Å². The monoisotopic (exact) mass is 241 g/mol. The van der Waals surface area contributed by atoms with Gasteiger partial charge >= 0.3 is 0 Å². The highest BCUT2D eigenvalue weighted by molar-refractivity contribution is 5.40. The van der Waals surface area contributed by atoms with Crippen molar-refractivity contribution < 1.29 is 4.74 Å². The molecule has 18 heavy (non-hydrogen) atoms. The summed E-state index contributed by atoms with van der Waals surface area (Å²) in [5, 5.41) is 0. The molecule has 0 aliphatic rings. The van der Waals surface area contributed by atoms with Gasteiger partial charge in [-0.05, 0) is 44.0 Å². The second-order valence-electron chi connectivity index (χ2n) is 4.71. The summed E-state index contributed by atoms with van der Waals surface area (Å²) in [5.41, 5.74) is 8.27. The Hall–Kier alpha value is -1.80. The normalized spacial score (nSPS) is 12.2. The minimum Gasteiger partial charge on any atom is -0.457 e. The van der Waals surface area contributed by atoms with Crippen molar-refractivity contribution in [2.75, 3.05) is 0 Å². The molecule has 0 fully saturated rings. The van der Waals surface area contributed by atoms with Crippen LogP contribution in [-0.4, -0.2) is 6.04 Å². The Bertz CT molecular complexity index is 506. The average Bonchev–Trinajstić information content (AvgIpc) is 2.33. The predicted octanol–water partition coefficient (Wildman–Crippen LogP) is 3.68. The van der Waals surface area contributed by atoms with Crippen molar-refractivity contribution in [2.45, 2.75) is 26.3 Å². The molecule has 1 atom stereocenters. The minimum atomic E-state index is 0.130. The topological polar surface area (TPSA) is 35.2 Å². The third-order valence-corrected chi connectivity index (χ3v) is 2.73. The summed E-state index contributed by atoms with van der Waals surface area (Å²) in [6.07, 6.45) is 0.823. The van der Waals surface area contributed by atoms with Gasteiger partial charge in [0.25, 0.3) is 0 Å². The highest BCUT2D eigenvalue weighted by Crippen LogP contribution is 2.26. The third kappa shape index (κ3) is 3.34. The Balaban J connectivity index is 2.26. The number of aryl methyl sites for hydroxylation is 1. The van der Waals surface area contributed by atoms with E-state index in [1.54, 1.807) is 0 Å². The van der Waals surface area contributed by atoms with Gasteiger partial charge in [0, 0.05) is 6.04 Å². The van der Waals surface area contributed by atoms with Gasteiger partial charge in [-0.2, -0.15) is 0 Å². The number of benzene rings is 2. The lowest BCUT2D eigenvalue weighted by molar-refractivity contribution is 0.473. The highest BCUT2D eigenvalue weighted by atomic mass is 16.5. The van der Waals surface area contributed by atoms with Crippen molar-refractivity contribution in [3.8, 4) is 11.5 Å². The van der Waals surface area contributed by atoms with E-state index in [0.717, 1.165) is 23.5 Å².